The van der Waals surface area contributed by atoms with Crippen molar-refractivity contribution in [2.24, 2.45) is 5.41 Å². The summed E-state index contributed by atoms with van der Waals surface area (Å²) in [6.45, 7) is 5.76. The van der Waals surface area contributed by atoms with Crippen LogP contribution >= 0.6 is 0 Å². The molecule has 1 N–H and O–H groups in total. The molecule has 2 aromatic carbocycles. The third kappa shape index (κ3) is 4.31. The van der Waals surface area contributed by atoms with Crippen LogP contribution in [0.5, 0.6) is 0 Å². The van der Waals surface area contributed by atoms with Crippen molar-refractivity contribution in [3.05, 3.63) is 72.8 Å². The third-order valence-electron chi connectivity index (χ3n) is 5.63. The van der Waals surface area contributed by atoms with Gasteiger partial charge in [-0.2, -0.15) is 5.26 Å². The van der Waals surface area contributed by atoms with Gasteiger partial charge in [-0.25, -0.2) is 0 Å². The number of nitrogens with zero attached hydrogens (tertiary/aromatic N) is 3. The van der Waals surface area contributed by atoms with Crippen LogP contribution in [0.25, 0.3) is 10.9 Å². The van der Waals surface area contributed by atoms with E-state index in [0.717, 1.165) is 16.5 Å². The number of hydrogen-bond donors (Lipinski definition) is 1. The number of rotatable bonds is 8. The number of carboxylic acids is 1. The number of nitriles is 1. The van der Waals surface area contributed by atoms with Gasteiger partial charge in [-0.15, -0.1) is 0 Å². The summed E-state index contributed by atoms with van der Waals surface area (Å²) >= 11 is 0. The Morgan fingerprint density at radius 2 is 1.87 bits per heavy atom. The molecular formula is C25H26N3O3. The summed E-state index contributed by atoms with van der Waals surface area (Å²) < 4.78 is 1.65. The van der Waals surface area contributed by atoms with Crippen molar-refractivity contribution in [3.63, 3.8) is 0 Å². The largest absolute Gasteiger partial charge is 0.480 e. The standard InChI is InChI=1S/C25H26N3O3/c1-4-13-25(17-26,24(31)27(3)21-11-7-5-9-18(21)2)14-19-15-28(16-23(29)30)22-12-8-6-10-20(19)22/h5-12,15H,2,4,13-14,16H2,1,3H3,(H,29,30). The number of aliphatic carboxylic acids is 1. The normalized spacial score (nSPS) is 12.8. The number of fused-ring (bicyclic) bond motifs is 1. The van der Waals surface area contributed by atoms with Gasteiger partial charge < -0.3 is 14.6 Å². The number of carboxylic acid groups (broad SMARTS) is 1. The highest BCUT2D eigenvalue weighted by atomic mass is 16.4. The number of aromatic nitrogens is 1. The molecule has 0 fully saturated rings. The zero-order valence-electron chi connectivity index (χ0n) is 17.8. The van der Waals surface area contributed by atoms with Crippen LogP contribution in [-0.4, -0.2) is 28.6 Å². The molecule has 1 aromatic heterocycles. The molecule has 0 spiro atoms. The van der Waals surface area contributed by atoms with Gasteiger partial charge in [0.25, 0.3) is 0 Å². The Bertz CT molecular complexity index is 1160. The molecule has 0 saturated carbocycles. The highest BCUT2D eigenvalue weighted by Crippen LogP contribution is 2.35. The van der Waals surface area contributed by atoms with E-state index in [9.17, 15) is 20.0 Å². The molecule has 0 bridgehead atoms. The van der Waals surface area contributed by atoms with Crippen molar-refractivity contribution in [3.8, 4) is 6.07 Å². The summed E-state index contributed by atoms with van der Waals surface area (Å²) in [5.74, 6) is -1.24. The monoisotopic (exact) mass is 416 g/mol. The first-order valence-corrected chi connectivity index (χ1v) is 10.2. The van der Waals surface area contributed by atoms with Crippen LogP contribution in [-0.2, 0) is 22.6 Å². The van der Waals surface area contributed by atoms with Crippen LogP contribution in [0.4, 0.5) is 5.69 Å². The van der Waals surface area contributed by atoms with Crippen LogP contribution in [0.3, 0.4) is 0 Å². The molecular weight excluding hydrogens is 390 g/mol. The number of carbonyl (C=O) groups excluding carboxylic acids is 1. The van der Waals surface area contributed by atoms with E-state index in [4.69, 9.17) is 0 Å². The van der Waals surface area contributed by atoms with Crippen molar-refractivity contribution in [2.75, 3.05) is 11.9 Å². The molecule has 1 atom stereocenters. The SMILES string of the molecule is [CH2]c1ccccc1N(C)C(=O)C(C#N)(CCC)Cc1cn(CC(=O)O)c2ccccc12. The smallest absolute Gasteiger partial charge is 0.323 e. The second-order valence-corrected chi connectivity index (χ2v) is 7.81. The maximum atomic E-state index is 13.6. The van der Waals surface area contributed by atoms with Gasteiger partial charge >= 0.3 is 5.97 Å². The number of amides is 1. The first-order chi connectivity index (χ1) is 14.8. The van der Waals surface area contributed by atoms with Gasteiger partial charge in [0.05, 0.1) is 6.07 Å². The number of hydrogen-bond acceptors (Lipinski definition) is 3. The van der Waals surface area contributed by atoms with Crippen molar-refractivity contribution in [1.82, 2.24) is 4.57 Å². The summed E-state index contributed by atoms with van der Waals surface area (Å²) in [7, 11) is 1.67. The van der Waals surface area contributed by atoms with E-state index >= 15 is 0 Å². The average molecular weight is 417 g/mol. The van der Waals surface area contributed by atoms with Crippen LogP contribution in [0.1, 0.15) is 30.9 Å². The molecule has 1 heterocycles. The van der Waals surface area contributed by atoms with E-state index < -0.39 is 11.4 Å². The Morgan fingerprint density at radius 1 is 1.19 bits per heavy atom. The summed E-state index contributed by atoms with van der Waals surface area (Å²) in [6.07, 6.45) is 3.01. The minimum absolute atomic E-state index is 0.184. The molecule has 0 saturated heterocycles. The van der Waals surface area contributed by atoms with Gasteiger partial charge in [0, 0.05) is 36.3 Å². The first-order valence-electron chi connectivity index (χ1n) is 10.2. The van der Waals surface area contributed by atoms with Gasteiger partial charge in [0.1, 0.15) is 12.0 Å². The second kappa shape index (κ2) is 9.05. The van der Waals surface area contributed by atoms with E-state index in [2.05, 4.69) is 13.0 Å². The molecule has 159 valence electrons. The van der Waals surface area contributed by atoms with E-state index in [1.165, 1.54) is 4.90 Å². The highest BCUT2D eigenvalue weighted by Gasteiger charge is 2.41. The zero-order valence-corrected chi connectivity index (χ0v) is 17.8. The fourth-order valence-corrected chi connectivity index (χ4v) is 4.17. The lowest BCUT2D eigenvalue weighted by molar-refractivity contribution is -0.137. The summed E-state index contributed by atoms with van der Waals surface area (Å²) in [6, 6.07) is 17.1. The zero-order chi connectivity index (χ0) is 22.6. The van der Waals surface area contributed by atoms with Crippen LogP contribution in [0, 0.1) is 23.7 Å². The molecule has 0 aliphatic carbocycles. The molecule has 0 aliphatic rings. The quantitative estimate of drug-likeness (QED) is 0.589. The van der Waals surface area contributed by atoms with Gasteiger partial charge in [0.15, 0.2) is 0 Å². The predicted octanol–water partition coefficient (Wildman–Crippen LogP) is 4.42. The highest BCUT2D eigenvalue weighted by molar-refractivity contribution is 6.00. The van der Waals surface area contributed by atoms with E-state index in [0.29, 0.717) is 24.1 Å². The lowest BCUT2D eigenvalue weighted by Crippen LogP contribution is -2.43. The van der Waals surface area contributed by atoms with Crippen molar-refractivity contribution in [1.29, 1.82) is 5.26 Å². The fraction of sp³-hybridized carbons (Fsp3) is 0.280. The third-order valence-corrected chi connectivity index (χ3v) is 5.63. The average Bonchev–Trinajstić information content (AvgIpc) is 3.09. The molecule has 31 heavy (non-hydrogen) atoms. The Balaban J connectivity index is 2.06. The first kappa shape index (κ1) is 22.1. The number of benzene rings is 2. The molecule has 1 amide bonds. The topological polar surface area (TPSA) is 86.3 Å². The Morgan fingerprint density at radius 3 is 2.52 bits per heavy atom. The van der Waals surface area contributed by atoms with Crippen LogP contribution in [0.15, 0.2) is 54.7 Å². The van der Waals surface area contributed by atoms with Crippen molar-refractivity contribution < 1.29 is 14.7 Å². The summed E-state index contributed by atoms with van der Waals surface area (Å²) in [5.41, 5.74) is 1.66. The van der Waals surface area contributed by atoms with Gasteiger partial charge in [-0.1, -0.05) is 49.7 Å². The molecule has 6 heteroatoms. The number of anilines is 1. The van der Waals surface area contributed by atoms with Crippen molar-refractivity contribution >= 4 is 28.5 Å². The van der Waals surface area contributed by atoms with E-state index in [-0.39, 0.29) is 18.9 Å². The minimum atomic E-state index is -1.27. The summed E-state index contributed by atoms with van der Waals surface area (Å²) in [4.78, 5) is 26.5. The van der Waals surface area contributed by atoms with Crippen LogP contribution < -0.4 is 4.90 Å². The Hall–Kier alpha value is -3.59. The van der Waals surface area contributed by atoms with Gasteiger partial charge in [-0.05, 0) is 36.6 Å². The van der Waals surface area contributed by atoms with Crippen LogP contribution in [0.2, 0.25) is 0 Å². The van der Waals surface area contributed by atoms with Crippen molar-refractivity contribution in [2.45, 2.75) is 32.7 Å². The van der Waals surface area contributed by atoms with Gasteiger partial charge in [-0.3, -0.25) is 9.59 Å². The van der Waals surface area contributed by atoms with E-state index in [1.54, 1.807) is 17.8 Å². The van der Waals surface area contributed by atoms with Gasteiger partial charge in [0.2, 0.25) is 5.91 Å². The molecule has 1 unspecified atom stereocenters. The number of para-hydroxylation sites is 2. The number of carbonyl (C=O) groups is 2. The Labute approximate surface area is 182 Å². The second-order valence-electron chi connectivity index (χ2n) is 7.81. The molecule has 1 radical (unpaired) electrons. The lowest BCUT2D eigenvalue weighted by Gasteiger charge is -2.31. The maximum Gasteiger partial charge on any atom is 0.323 e. The molecule has 6 nitrogen and oxygen atoms in total. The van der Waals surface area contributed by atoms with E-state index in [1.807, 2.05) is 55.5 Å². The molecule has 0 aliphatic heterocycles. The minimum Gasteiger partial charge on any atom is -0.480 e. The predicted molar refractivity (Wildman–Crippen MR) is 121 cm³/mol. The lowest BCUT2D eigenvalue weighted by atomic mass is 9.77. The fourth-order valence-electron chi connectivity index (χ4n) is 4.17. The molecule has 3 aromatic rings. The maximum absolute atomic E-state index is 13.6. The summed E-state index contributed by atoms with van der Waals surface area (Å²) in [5, 5.41) is 20.3. The Kier molecular flexibility index (Phi) is 6.45. The molecule has 3 rings (SSSR count).